The Morgan fingerprint density at radius 2 is 1.63 bits per heavy atom. The molecule has 3 aromatic rings. The van der Waals surface area contributed by atoms with E-state index in [4.69, 9.17) is 4.52 Å². The van der Waals surface area contributed by atoms with Crippen LogP contribution in [0.2, 0.25) is 0 Å². The van der Waals surface area contributed by atoms with Crippen LogP contribution in [0.15, 0.2) is 65.2 Å². The van der Waals surface area contributed by atoms with Gasteiger partial charge in [0.2, 0.25) is 17.7 Å². The molecule has 2 N–H and O–H groups in total. The number of amides is 2. The van der Waals surface area contributed by atoms with Crippen molar-refractivity contribution in [1.29, 1.82) is 0 Å². The molecular formula is C27H33N5O3. The molecule has 1 aromatic heterocycles. The number of hydrazine groups is 1. The molecule has 8 heteroatoms. The Balaban J connectivity index is 1.40. The molecule has 0 unspecified atom stereocenters. The van der Waals surface area contributed by atoms with E-state index < -0.39 is 5.54 Å². The summed E-state index contributed by atoms with van der Waals surface area (Å²) in [6.07, 6.45) is 6.37. The van der Waals surface area contributed by atoms with Gasteiger partial charge in [-0.2, -0.15) is 4.98 Å². The Hall–Kier alpha value is -3.68. The van der Waals surface area contributed by atoms with E-state index in [2.05, 4.69) is 20.9 Å². The molecule has 2 amide bonds. The average Bonchev–Trinajstić information content (AvgIpc) is 3.23. The van der Waals surface area contributed by atoms with Crippen LogP contribution in [-0.2, 0) is 28.1 Å². The first kappa shape index (κ1) is 24.4. The number of aryl methyl sites for hydroxylation is 1. The topological polar surface area (TPSA) is 100 Å². The van der Waals surface area contributed by atoms with E-state index >= 15 is 0 Å². The van der Waals surface area contributed by atoms with Crippen molar-refractivity contribution in [2.45, 2.75) is 70.4 Å². The maximum atomic E-state index is 12.9. The summed E-state index contributed by atoms with van der Waals surface area (Å²) in [6, 6.07) is 19.7. The van der Waals surface area contributed by atoms with Crippen molar-refractivity contribution in [3.63, 3.8) is 0 Å². The molecule has 1 saturated carbocycles. The first-order chi connectivity index (χ1) is 17.0. The van der Waals surface area contributed by atoms with Crippen LogP contribution in [0.5, 0.6) is 0 Å². The molecule has 1 fully saturated rings. The Morgan fingerprint density at radius 1 is 0.971 bits per heavy atom. The van der Waals surface area contributed by atoms with E-state index in [1.165, 1.54) is 6.92 Å². The number of nitrogens with zero attached hydrogens (tertiary/aromatic N) is 3. The van der Waals surface area contributed by atoms with Gasteiger partial charge in [-0.3, -0.25) is 20.0 Å². The highest BCUT2D eigenvalue weighted by Crippen LogP contribution is 2.34. The minimum Gasteiger partial charge on any atom is -0.343 e. The monoisotopic (exact) mass is 475 g/mol. The Morgan fingerprint density at radius 3 is 2.29 bits per heavy atom. The van der Waals surface area contributed by atoms with E-state index in [1.807, 2.05) is 65.7 Å². The minimum absolute atomic E-state index is 0.1000. The summed E-state index contributed by atoms with van der Waals surface area (Å²) >= 11 is 0. The van der Waals surface area contributed by atoms with E-state index in [9.17, 15) is 9.59 Å². The van der Waals surface area contributed by atoms with Crippen LogP contribution in [0, 0.1) is 0 Å². The number of hydrogen-bond donors (Lipinski definition) is 2. The van der Waals surface area contributed by atoms with Gasteiger partial charge in [0.05, 0.1) is 12.2 Å². The van der Waals surface area contributed by atoms with Gasteiger partial charge in [-0.1, -0.05) is 79.4 Å². The molecule has 1 aliphatic carbocycles. The van der Waals surface area contributed by atoms with Crippen molar-refractivity contribution in [3.8, 4) is 0 Å². The number of anilines is 1. The number of para-hydroxylation sites is 1. The van der Waals surface area contributed by atoms with Gasteiger partial charge in [0.25, 0.3) is 0 Å². The van der Waals surface area contributed by atoms with Gasteiger partial charge in [-0.05, 0) is 30.5 Å². The van der Waals surface area contributed by atoms with Crippen LogP contribution in [0.4, 0.5) is 5.69 Å². The molecule has 2 aromatic carbocycles. The zero-order chi connectivity index (χ0) is 24.5. The van der Waals surface area contributed by atoms with Crippen LogP contribution >= 0.6 is 0 Å². The highest BCUT2D eigenvalue weighted by atomic mass is 16.5. The van der Waals surface area contributed by atoms with Crippen molar-refractivity contribution in [3.05, 3.63) is 77.9 Å². The molecule has 4 rings (SSSR count). The van der Waals surface area contributed by atoms with Crippen molar-refractivity contribution in [1.82, 2.24) is 20.9 Å². The normalized spacial score (nSPS) is 15.1. The lowest BCUT2D eigenvalue weighted by Gasteiger charge is -2.30. The van der Waals surface area contributed by atoms with Gasteiger partial charge in [0.1, 0.15) is 5.54 Å². The lowest BCUT2D eigenvalue weighted by Crippen LogP contribution is -2.45. The van der Waals surface area contributed by atoms with Crippen LogP contribution in [0.25, 0.3) is 0 Å². The standard InChI is InChI=1S/C27H33N5O3/c1-21(33)29-27(18-10-2-3-11-19-27)26-28-25(35-31-26)17-16-24(34)30-32(23-14-8-5-9-15-23)20-22-12-6-4-7-13-22/h4-9,12-15H,2-3,10-11,16-20H2,1H3,(H,29,33)(H,30,34). The van der Waals surface area contributed by atoms with Gasteiger partial charge < -0.3 is 9.84 Å². The fourth-order valence-corrected chi connectivity index (χ4v) is 4.62. The van der Waals surface area contributed by atoms with E-state index in [1.54, 1.807) is 0 Å². The van der Waals surface area contributed by atoms with Crippen LogP contribution in [-0.4, -0.2) is 22.0 Å². The van der Waals surface area contributed by atoms with Crippen LogP contribution in [0.1, 0.15) is 69.1 Å². The fraction of sp³-hybridized carbons (Fsp3) is 0.407. The second kappa shape index (κ2) is 11.6. The van der Waals surface area contributed by atoms with E-state index in [0.29, 0.717) is 24.7 Å². The molecule has 0 spiro atoms. The summed E-state index contributed by atoms with van der Waals surface area (Å²) in [7, 11) is 0. The second-order valence-electron chi connectivity index (χ2n) is 9.13. The van der Waals surface area contributed by atoms with Crippen molar-refractivity contribution in [2.75, 3.05) is 5.01 Å². The quantitative estimate of drug-likeness (QED) is 0.351. The summed E-state index contributed by atoms with van der Waals surface area (Å²) in [5.41, 5.74) is 4.41. The summed E-state index contributed by atoms with van der Waals surface area (Å²) < 4.78 is 5.49. The number of benzene rings is 2. The first-order valence-corrected chi connectivity index (χ1v) is 12.3. The Bertz CT molecular complexity index is 1090. The maximum absolute atomic E-state index is 12.9. The lowest BCUT2D eigenvalue weighted by molar-refractivity contribution is -0.122. The van der Waals surface area contributed by atoms with Crippen molar-refractivity contribution in [2.24, 2.45) is 0 Å². The number of nitrogens with one attached hydrogen (secondary N) is 2. The molecule has 0 bridgehead atoms. The molecule has 8 nitrogen and oxygen atoms in total. The molecule has 1 heterocycles. The smallest absolute Gasteiger partial charge is 0.239 e. The molecule has 35 heavy (non-hydrogen) atoms. The molecule has 0 aliphatic heterocycles. The van der Waals surface area contributed by atoms with Crippen molar-refractivity contribution >= 4 is 17.5 Å². The number of rotatable bonds is 9. The summed E-state index contributed by atoms with van der Waals surface area (Å²) in [5, 5.41) is 9.13. The predicted octanol–water partition coefficient (Wildman–Crippen LogP) is 4.43. The second-order valence-corrected chi connectivity index (χ2v) is 9.13. The highest BCUT2D eigenvalue weighted by molar-refractivity contribution is 5.78. The third-order valence-corrected chi connectivity index (χ3v) is 6.35. The molecule has 0 saturated heterocycles. The number of carbonyl (C=O) groups is 2. The summed E-state index contributed by atoms with van der Waals surface area (Å²) in [6.45, 7) is 2.06. The van der Waals surface area contributed by atoms with Crippen LogP contribution in [0.3, 0.4) is 0 Å². The van der Waals surface area contributed by atoms with E-state index in [0.717, 1.165) is 49.8 Å². The zero-order valence-electron chi connectivity index (χ0n) is 20.2. The van der Waals surface area contributed by atoms with Gasteiger partial charge in [-0.15, -0.1) is 0 Å². The highest BCUT2D eigenvalue weighted by Gasteiger charge is 2.38. The minimum atomic E-state index is -0.591. The van der Waals surface area contributed by atoms with Gasteiger partial charge >= 0.3 is 0 Å². The number of aromatic nitrogens is 2. The predicted molar refractivity (Wildman–Crippen MR) is 133 cm³/mol. The number of carbonyl (C=O) groups excluding carboxylic acids is 2. The maximum Gasteiger partial charge on any atom is 0.239 e. The molecule has 0 atom stereocenters. The Labute approximate surface area is 206 Å². The van der Waals surface area contributed by atoms with Gasteiger partial charge in [0.15, 0.2) is 5.82 Å². The Kier molecular flexibility index (Phi) is 8.13. The van der Waals surface area contributed by atoms with Gasteiger partial charge in [-0.25, -0.2) is 0 Å². The molecule has 184 valence electrons. The first-order valence-electron chi connectivity index (χ1n) is 12.3. The third kappa shape index (κ3) is 6.68. The zero-order valence-corrected chi connectivity index (χ0v) is 20.2. The van der Waals surface area contributed by atoms with Gasteiger partial charge in [0, 0.05) is 19.8 Å². The average molecular weight is 476 g/mol. The fourth-order valence-electron chi connectivity index (χ4n) is 4.62. The molecule has 1 aliphatic rings. The van der Waals surface area contributed by atoms with E-state index in [-0.39, 0.29) is 18.2 Å². The lowest BCUT2D eigenvalue weighted by atomic mass is 9.89. The molecule has 0 radical (unpaired) electrons. The largest absolute Gasteiger partial charge is 0.343 e. The SMILES string of the molecule is CC(=O)NC1(c2noc(CCC(=O)NN(Cc3ccccc3)c3ccccc3)n2)CCCCCC1. The summed E-state index contributed by atoms with van der Waals surface area (Å²) in [5.74, 6) is 0.672. The van der Waals surface area contributed by atoms with Crippen LogP contribution < -0.4 is 15.8 Å². The molecular weight excluding hydrogens is 442 g/mol. The summed E-state index contributed by atoms with van der Waals surface area (Å²) in [4.78, 5) is 29.4. The number of hydrogen-bond acceptors (Lipinski definition) is 6. The third-order valence-electron chi connectivity index (χ3n) is 6.35. The van der Waals surface area contributed by atoms with Crippen molar-refractivity contribution < 1.29 is 14.1 Å².